The third-order valence-electron chi connectivity index (χ3n) is 2.86. The van der Waals surface area contributed by atoms with Crippen molar-refractivity contribution in [1.82, 2.24) is 4.98 Å². The van der Waals surface area contributed by atoms with Crippen LogP contribution in [0, 0.1) is 6.92 Å². The first-order valence-corrected chi connectivity index (χ1v) is 7.64. The van der Waals surface area contributed by atoms with E-state index in [0.29, 0.717) is 11.8 Å². The second kappa shape index (κ2) is 6.81. The molecule has 2 N–H and O–H groups in total. The molecular formula is C15H20N2O2S. The Bertz CT molecular complexity index is 567. The number of thioether (sulfide) groups is 1. The van der Waals surface area contributed by atoms with E-state index in [2.05, 4.69) is 11.1 Å². The monoisotopic (exact) mass is 292 g/mol. The molecule has 0 bridgehead atoms. The van der Waals surface area contributed by atoms with Crippen molar-refractivity contribution in [2.45, 2.75) is 37.8 Å². The van der Waals surface area contributed by atoms with E-state index < -0.39 is 0 Å². The van der Waals surface area contributed by atoms with Gasteiger partial charge in [0.25, 0.3) is 5.22 Å². The molecule has 0 aliphatic rings. The zero-order valence-corrected chi connectivity index (χ0v) is 12.9. The number of nitrogens with two attached hydrogens (primary N) is 1. The Balaban J connectivity index is 2.16. The lowest BCUT2D eigenvalue weighted by molar-refractivity contribution is 0.337. The van der Waals surface area contributed by atoms with Crippen molar-refractivity contribution in [2.24, 2.45) is 5.73 Å². The molecule has 1 aromatic carbocycles. The van der Waals surface area contributed by atoms with Crippen LogP contribution in [0.4, 0.5) is 0 Å². The standard InChI is InChI=1S/C15H20N2O2S/c1-4-18-14-6-5-12(11(3)16)7-13(14)9-20-15-17-10(2)8-19-15/h5-8,11H,4,9,16H2,1-3H3. The fraction of sp³-hybridized carbons (Fsp3) is 0.400. The molecule has 108 valence electrons. The molecule has 0 amide bonds. The summed E-state index contributed by atoms with van der Waals surface area (Å²) in [5.41, 5.74) is 9.05. The highest BCUT2D eigenvalue weighted by atomic mass is 32.2. The van der Waals surface area contributed by atoms with Crippen molar-refractivity contribution in [3.63, 3.8) is 0 Å². The van der Waals surface area contributed by atoms with Crippen molar-refractivity contribution in [3.8, 4) is 5.75 Å². The van der Waals surface area contributed by atoms with E-state index in [-0.39, 0.29) is 6.04 Å². The van der Waals surface area contributed by atoms with Crippen LogP contribution in [0.15, 0.2) is 34.1 Å². The van der Waals surface area contributed by atoms with Crippen LogP contribution in [0.1, 0.15) is 36.7 Å². The van der Waals surface area contributed by atoms with Crippen LogP contribution in [0.2, 0.25) is 0 Å². The smallest absolute Gasteiger partial charge is 0.256 e. The van der Waals surface area contributed by atoms with Crippen molar-refractivity contribution in [3.05, 3.63) is 41.3 Å². The Labute approximate surface area is 123 Å². The molecule has 0 saturated heterocycles. The summed E-state index contributed by atoms with van der Waals surface area (Å²) in [5, 5.41) is 0.677. The summed E-state index contributed by atoms with van der Waals surface area (Å²) in [4.78, 5) is 4.29. The maximum Gasteiger partial charge on any atom is 0.256 e. The lowest BCUT2D eigenvalue weighted by atomic mass is 10.1. The maximum atomic E-state index is 5.94. The molecule has 20 heavy (non-hydrogen) atoms. The second-order valence-corrected chi connectivity index (χ2v) is 5.56. The molecule has 4 nitrogen and oxygen atoms in total. The van der Waals surface area contributed by atoms with E-state index in [9.17, 15) is 0 Å². The number of oxazole rings is 1. The molecule has 0 radical (unpaired) electrons. The molecular weight excluding hydrogens is 272 g/mol. The van der Waals surface area contributed by atoms with Gasteiger partial charge in [-0.05, 0) is 38.5 Å². The number of benzene rings is 1. The van der Waals surface area contributed by atoms with Crippen molar-refractivity contribution in [1.29, 1.82) is 0 Å². The van der Waals surface area contributed by atoms with Gasteiger partial charge in [-0.25, -0.2) is 4.98 Å². The number of hydrogen-bond acceptors (Lipinski definition) is 5. The van der Waals surface area contributed by atoms with Gasteiger partial charge in [-0.15, -0.1) is 0 Å². The maximum absolute atomic E-state index is 5.94. The zero-order chi connectivity index (χ0) is 14.5. The molecule has 1 aromatic heterocycles. The van der Waals surface area contributed by atoms with Crippen molar-refractivity contribution >= 4 is 11.8 Å². The van der Waals surface area contributed by atoms with Gasteiger partial charge in [0.2, 0.25) is 0 Å². The van der Waals surface area contributed by atoms with Crippen LogP contribution in [0.25, 0.3) is 0 Å². The minimum atomic E-state index is 0.0124. The minimum absolute atomic E-state index is 0.0124. The fourth-order valence-corrected chi connectivity index (χ4v) is 2.66. The average molecular weight is 292 g/mol. The number of aryl methyl sites for hydroxylation is 1. The molecule has 0 spiro atoms. The topological polar surface area (TPSA) is 61.3 Å². The summed E-state index contributed by atoms with van der Waals surface area (Å²) >= 11 is 1.56. The number of ether oxygens (including phenoxy) is 1. The predicted molar refractivity (Wildman–Crippen MR) is 81.0 cm³/mol. The number of aromatic nitrogens is 1. The molecule has 1 atom stereocenters. The molecule has 1 heterocycles. The van der Waals surface area contributed by atoms with E-state index in [0.717, 1.165) is 28.3 Å². The van der Waals surface area contributed by atoms with E-state index in [1.54, 1.807) is 18.0 Å². The molecule has 2 rings (SSSR count). The summed E-state index contributed by atoms with van der Waals surface area (Å²) in [6, 6.07) is 6.11. The average Bonchev–Trinajstić information content (AvgIpc) is 2.83. The summed E-state index contributed by atoms with van der Waals surface area (Å²) in [6.45, 7) is 6.51. The van der Waals surface area contributed by atoms with E-state index >= 15 is 0 Å². The van der Waals surface area contributed by atoms with Crippen LogP contribution < -0.4 is 10.5 Å². The molecule has 2 aromatic rings. The second-order valence-electron chi connectivity index (χ2n) is 4.63. The van der Waals surface area contributed by atoms with Crippen LogP contribution in [0.3, 0.4) is 0 Å². The van der Waals surface area contributed by atoms with Gasteiger partial charge in [-0.3, -0.25) is 0 Å². The van der Waals surface area contributed by atoms with Gasteiger partial charge in [0, 0.05) is 17.4 Å². The predicted octanol–water partition coefficient (Wildman–Crippen LogP) is 3.69. The van der Waals surface area contributed by atoms with E-state index in [1.165, 1.54) is 0 Å². The highest BCUT2D eigenvalue weighted by molar-refractivity contribution is 7.98. The van der Waals surface area contributed by atoms with Crippen LogP contribution >= 0.6 is 11.8 Å². The fourth-order valence-electron chi connectivity index (χ4n) is 1.83. The summed E-state index contributed by atoms with van der Waals surface area (Å²) in [7, 11) is 0. The van der Waals surface area contributed by atoms with Gasteiger partial charge < -0.3 is 14.9 Å². The molecule has 0 saturated carbocycles. The third kappa shape index (κ3) is 3.77. The van der Waals surface area contributed by atoms with Gasteiger partial charge in [0.15, 0.2) is 0 Å². The molecule has 0 aliphatic heterocycles. The molecule has 0 aliphatic carbocycles. The lowest BCUT2D eigenvalue weighted by Crippen LogP contribution is -2.06. The lowest BCUT2D eigenvalue weighted by Gasteiger charge is -2.13. The Hall–Kier alpha value is -1.46. The summed E-state index contributed by atoms with van der Waals surface area (Å²) in [5.74, 6) is 1.64. The Morgan fingerprint density at radius 1 is 1.45 bits per heavy atom. The largest absolute Gasteiger partial charge is 0.494 e. The SMILES string of the molecule is CCOc1ccc(C(C)N)cc1CSc1nc(C)co1. The van der Waals surface area contributed by atoms with Gasteiger partial charge in [-0.1, -0.05) is 17.8 Å². The van der Waals surface area contributed by atoms with E-state index in [1.807, 2.05) is 32.9 Å². The van der Waals surface area contributed by atoms with Gasteiger partial charge >= 0.3 is 0 Å². The van der Waals surface area contributed by atoms with Gasteiger partial charge in [0.1, 0.15) is 12.0 Å². The Kier molecular flexibility index (Phi) is 5.09. The third-order valence-corrected chi connectivity index (χ3v) is 3.75. The van der Waals surface area contributed by atoms with Crippen LogP contribution in [-0.2, 0) is 5.75 Å². The Morgan fingerprint density at radius 3 is 2.85 bits per heavy atom. The first-order chi connectivity index (χ1) is 9.60. The molecule has 0 fully saturated rings. The Morgan fingerprint density at radius 2 is 2.25 bits per heavy atom. The molecule has 5 heteroatoms. The highest BCUT2D eigenvalue weighted by Crippen LogP contribution is 2.29. The summed E-state index contributed by atoms with van der Waals surface area (Å²) < 4.78 is 11.0. The van der Waals surface area contributed by atoms with E-state index in [4.69, 9.17) is 14.9 Å². The first-order valence-electron chi connectivity index (χ1n) is 6.66. The highest BCUT2D eigenvalue weighted by Gasteiger charge is 2.10. The zero-order valence-electron chi connectivity index (χ0n) is 12.1. The minimum Gasteiger partial charge on any atom is -0.494 e. The number of nitrogens with zero attached hydrogens (tertiary/aromatic N) is 1. The quantitative estimate of drug-likeness (QED) is 0.823. The molecule has 1 unspecified atom stereocenters. The number of hydrogen-bond donors (Lipinski definition) is 1. The van der Waals surface area contributed by atoms with Crippen molar-refractivity contribution in [2.75, 3.05) is 6.61 Å². The van der Waals surface area contributed by atoms with Crippen LogP contribution in [-0.4, -0.2) is 11.6 Å². The number of rotatable bonds is 6. The van der Waals surface area contributed by atoms with Gasteiger partial charge in [-0.2, -0.15) is 0 Å². The van der Waals surface area contributed by atoms with Crippen LogP contribution in [0.5, 0.6) is 5.75 Å². The normalized spacial score (nSPS) is 12.4. The van der Waals surface area contributed by atoms with Crippen molar-refractivity contribution < 1.29 is 9.15 Å². The first kappa shape index (κ1) is 14.9. The summed E-state index contributed by atoms with van der Waals surface area (Å²) in [6.07, 6.45) is 1.66. The van der Waals surface area contributed by atoms with Gasteiger partial charge in [0.05, 0.1) is 12.3 Å².